The summed E-state index contributed by atoms with van der Waals surface area (Å²) in [5.41, 5.74) is 6.27. The minimum absolute atomic E-state index is 0.00992. The Balaban J connectivity index is 2.69. The molecule has 0 bridgehead atoms. The van der Waals surface area contributed by atoms with Gasteiger partial charge in [0.05, 0.1) is 24.1 Å². The smallest absolute Gasteiger partial charge is 0.253 e. The number of sulfonamides is 1. The first-order valence-electron chi connectivity index (χ1n) is 5.90. The van der Waals surface area contributed by atoms with E-state index in [0.717, 1.165) is 4.31 Å². The summed E-state index contributed by atoms with van der Waals surface area (Å²) in [5.74, 6) is -0.204. The third kappa shape index (κ3) is 3.84. The van der Waals surface area contributed by atoms with E-state index >= 15 is 0 Å². The number of carbonyl (C=O) groups excluding carboxylic acids is 1. The lowest BCUT2D eigenvalue weighted by Gasteiger charge is -2.13. The molecule has 0 saturated heterocycles. The minimum Gasteiger partial charge on any atom is -0.495 e. The lowest BCUT2D eigenvalue weighted by atomic mass is 10.1. The second-order valence-corrected chi connectivity index (χ2v) is 6.58. The number of para-hydroxylation sites is 1. The fourth-order valence-electron chi connectivity index (χ4n) is 1.49. The molecule has 0 aromatic heterocycles. The van der Waals surface area contributed by atoms with E-state index in [4.69, 9.17) is 10.5 Å². The van der Waals surface area contributed by atoms with Crippen molar-refractivity contribution < 1.29 is 17.9 Å². The van der Waals surface area contributed by atoms with Crippen LogP contribution in [0.25, 0.3) is 0 Å². The fraction of sp³-hybridized carbons (Fsp3) is 0.417. The Morgan fingerprint density at radius 3 is 2.60 bits per heavy atom. The highest BCUT2D eigenvalue weighted by Crippen LogP contribution is 2.24. The molecule has 112 valence electrons. The molecular weight excluding hydrogens is 282 g/mol. The van der Waals surface area contributed by atoms with Crippen molar-refractivity contribution in [1.82, 2.24) is 9.62 Å². The largest absolute Gasteiger partial charge is 0.495 e. The lowest BCUT2D eigenvalue weighted by molar-refractivity contribution is 0.0956. The summed E-state index contributed by atoms with van der Waals surface area (Å²) < 4.78 is 29.2. The Morgan fingerprint density at radius 1 is 1.40 bits per heavy atom. The predicted molar refractivity (Wildman–Crippen MR) is 77.2 cm³/mol. The van der Waals surface area contributed by atoms with E-state index in [2.05, 4.69) is 5.32 Å². The van der Waals surface area contributed by atoms with Gasteiger partial charge in [0, 0.05) is 20.6 Å². The van der Waals surface area contributed by atoms with Crippen molar-refractivity contribution in [2.24, 2.45) is 0 Å². The summed E-state index contributed by atoms with van der Waals surface area (Å²) in [5, 5.41) is 2.52. The number of nitrogens with one attached hydrogen (secondary N) is 1. The van der Waals surface area contributed by atoms with E-state index in [-0.39, 0.29) is 23.5 Å². The number of nitrogens with two attached hydrogens (primary N) is 1. The van der Waals surface area contributed by atoms with Gasteiger partial charge in [-0.1, -0.05) is 6.07 Å². The van der Waals surface area contributed by atoms with Crippen LogP contribution in [0.15, 0.2) is 18.2 Å². The molecule has 7 nitrogen and oxygen atoms in total. The molecule has 0 aliphatic rings. The van der Waals surface area contributed by atoms with Gasteiger partial charge in [0.1, 0.15) is 5.75 Å². The number of hydrogen-bond donors (Lipinski definition) is 2. The third-order valence-corrected chi connectivity index (χ3v) is 4.57. The van der Waals surface area contributed by atoms with Gasteiger partial charge in [-0.15, -0.1) is 0 Å². The van der Waals surface area contributed by atoms with E-state index in [0.29, 0.717) is 5.75 Å². The number of anilines is 1. The van der Waals surface area contributed by atoms with Crippen molar-refractivity contribution in [3.05, 3.63) is 23.8 Å². The zero-order valence-corrected chi connectivity index (χ0v) is 12.5. The molecule has 0 heterocycles. The topological polar surface area (TPSA) is 102 Å². The average Bonchev–Trinajstić information content (AvgIpc) is 2.38. The maximum absolute atomic E-state index is 11.9. The zero-order chi connectivity index (χ0) is 15.3. The van der Waals surface area contributed by atoms with Gasteiger partial charge in [0.2, 0.25) is 10.0 Å². The van der Waals surface area contributed by atoms with Crippen LogP contribution in [-0.4, -0.2) is 52.1 Å². The van der Waals surface area contributed by atoms with Crippen LogP contribution in [0, 0.1) is 0 Å². The second-order valence-electron chi connectivity index (χ2n) is 4.28. The summed E-state index contributed by atoms with van der Waals surface area (Å²) in [4.78, 5) is 11.9. The van der Waals surface area contributed by atoms with Gasteiger partial charge in [-0.25, -0.2) is 12.7 Å². The molecule has 0 saturated carbocycles. The molecule has 0 aliphatic carbocycles. The van der Waals surface area contributed by atoms with Crippen molar-refractivity contribution in [3.63, 3.8) is 0 Å². The molecule has 8 heteroatoms. The van der Waals surface area contributed by atoms with Crippen LogP contribution >= 0.6 is 0 Å². The van der Waals surface area contributed by atoms with Crippen LogP contribution in [0.3, 0.4) is 0 Å². The summed E-state index contributed by atoms with van der Waals surface area (Å²) in [6.45, 7) is 0.00992. The summed E-state index contributed by atoms with van der Waals surface area (Å²) >= 11 is 0. The van der Waals surface area contributed by atoms with Gasteiger partial charge in [-0.2, -0.15) is 0 Å². The summed E-state index contributed by atoms with van der Waals surface area (Å²) in [6.07, 6.45) is 0. The van der Waals surface area contributed by atoms with Gasteiger partial charge in [0.25, 0.3) is 5.91 Å². The second kappa shape index (κ2) is 6.58. The van der Waals surface area contributed by atoms with E-state index in [1.54, 1.807) is 18.2 Å². The molecule has 3 N–H and O–H groups in total. The lowest BCUT2D eigenvalue weighted by Crippen LogP contribution is -2.34. The zero-order valence-electron chi connectivity index (χ0n) is 11.7. The number of nitrogen functional groups attached to an aromatic ring is 1. The third-order valence-electron chi connectivity index (χ3n) is 2.73. The van der Waals surface area contributed by atoms with Crippen LogP contribution in [0.4, 0.5) is 5.69 Å². The van der Waals surface area contributed by atoms with Crippen LogP contribution in [0.5, 0.6) is 5.75 Å². The van der Waals surface area contributed by atoms with Crippen LogP contribution in [0.2, 0.25) is 0 Å². The first kappa shape index (κ1) is 16.3. The number of nitrogens with zero attached hydrogens (tertiary/aromatic N) is 1. The number of benzene rings is 1. The Bertz CT molecular complexity index is 584. The van der Waals surface area contributed by atoms with Crippen molar-refractivity contribution in [2.75, 3.05) is 39.2 Å². The maximum atomic E-state index is 11.9. The molecule has 0 radical (unpaired) electrons. The molecule has 0 aliphatic heterocycles. The highest BCUT2D eigenvalue weighted by molar-refractivity contribution is 7.89. The monoisotopic (exact) mass is 301 g/mol. The molecule has 0 unspecified atom stereocenters. The Hall–Kier alpha value is -1.80. The van der Waals surface area contributed by atoms with E-state index in [1.807, 2.05) is 0 Å². The SMILES string of the molecule is COc1cccc(C(=O)NCCS(=O)(=O)N(C)C)c1N. The molecule has 0 atom stereocenters. The summed E-state index contributed by atoms with van der Waals surface area (Å²) in [6, 6.07) is 4.83. The number of rotatable bonds is 6. The highest BCUT2D eigenvalue weighted by atomic mass is 32.2. The molecule has 0 fully saturated rings. The molecule has 20 heavy (non-hydrogen) atoms. The maximum Gasteiger partial charge on any atom is 0.253 e. The standard InChI is InChI=1S/C12H19N3O4S/c1-15(2)20(17,18)8-7-14-12(16)9-5-4-6-10(19-3)11(9)13/h4-6H,7-8,13H2,1-3H3,(H,14,16). The first-order valence-corrected chi connectivity index (χ1v) is 7.51. The summed E-state index contributed by atoms with van der Waals surface area (Å²) in [7, 11) is 1.00. The van der Waals surface area contributed by atoms with E-state index in [9.17, 15) is 13.2 Å². The van der Waals surface area contributed by atoms with Gasteiger partial charge >= 0.3 is 0 Å². The molecule has 1 amide bonds. The van der Waals surface area contributed by atoms with Crippen molar-refractivity contribution >= 4 is 21.6 Å². The van der Waals surface area contributed by atoms with Gasteiger partial charge in [-0.05, 0) is 12.1 Å². The number of hydrogen-bond acceptors (Lipinski definition) is 5. The Labute approximate surface area is 118 Å². The number of carbonyl (C=O) groups is 1. The van der Waals surface area contributed by atoms with Crippen molar-refractivity contribution in [3.8, 4) is 5.75 Å². The van der Waals surface area contributed by atoms with Gasteiger partial charge in [-0.3, -0.25) is 4.79 Å². The van der Waals surface area contributed by atoms with Crippen LogP contribution < -0.4 is 15.8 Å². The Kier molecular flexibility index (Phi) is 5.34. The average molecular weight is 301 g/mol. The van der Waals surface area contributed by atoms with Crippen LogP contribution in [0.1, 0.15) is 10.4 Å². The Morgan fingerprint density at radius 2 is 2.05 bits per heavy atom. The number of amides is 1. The molecular formula is C12H19N3O4S. The van der Waals surface area contributed by atoms with Crippen LogP contribution in [-0.2, 0) is 10.0 Å². The number of methoxy groups -OCH3 is 1. The molecule has 1 rings (SSSR count). The van der Waals surface area contributed by atoms with E-state index in [1.165, 1.54) is 21.2 Å². The predicted octanol–water partition coefficient (Wildman–Crippen LogP) is -0.101. The van der Waals surface area contributed by atoms with E-state index < -0.39 is 15.9 Å². The van der Waals surface area contributed by atoms with Crippen molar-refractivity contribution in [1.29, 1.82) is 0 Å². The van der Waals surface area contributed by atoms with Gasteiger partial charge < -0.3 is 15.8 Å². The molecule has 0 spiro atoms. The quantitative estimate of drug-likeness (QED) is 0.714. The normalized spacial score (nSPS) is 11.4. The minimum atomic E-state index is -3.34. The fourth-order valence-corrected chi connectivity index (χ4v) is 2.22. The van der Waals surface area contributed by atoms with Crippen molar-refractivity contribution in [2.45, 2.75) is 0 Å². The molecule has 1 aromatic rings. The number of ether oxygens (including phenoxy) is 1. The van der Waals surface area contributed by atoms with Gasteiger partial charge in [0.15, 0.2) is 0 Å². The molecule has 1 aromatic carbocycles. The first-order chi connectivity index (χ1) is 9.29. The highest BCUT2D eigenvalue weighted by Gasteiger charge is 2.16.